The number of benzene rings is 4. The van der Waals surface area contributed by atoms with Gasteiger partial charge in [0.05, 0.1) is 22.3 Å². The quantitative estimate of drug-likeness (QED) is 0.173. The Morgan fingerprint density at radius 3 is 1.05 bits per heavy atom. The summed E-state index contributed by atoms with van der Waals surface area (Å²) in [7, 11) is 0. The molecule has 0 saturated carbocycles. The van der Waals surface area contributed by atoms with Gasteiger partial charge in [-0.1, -0.05) is 12.1 Å². The van der Waals surface area contributed by atoms with E-state index in [4.69, 9.17) is 0 Å². The zero-order valence-electron chi connectivity index (χ0n) is 20.1. The Hall–Kier alpha value is -5.24. The fraction of sp³-hybridized carbons (Fsp3) is 0.0667. The number of carbonyl (C=O) groups excluding carboxylic acids is 2. The summed E-state index contributed by atoms with van der Waals surface area (Å²) in [6, 6.07) is 10.7. The maximum absolute atomic E-state index is 13.6. The molecule has 2 aliphatic carbocycles. The molecule has 38 heavy (non-hydrogen) atoms. The van der Waals surface area contributed by atoms with Gasteiger partial charge < -0.3 is 30.6 Å². The van der Waals surface area contributed by atoms with Crippen LogP contribution in [0, 0.1) is 13.8 Å². The Morgan fingerprint density at radius 2 is 0.711 bits per heavy atom. The van der Waals surface area contributed by atoms with Crippen molar-refractivity contribution in [2.45, 2.75) is 13.8 Å². The number of hydrogen-bond donors (Lipinski definition) is 6. The summed E-state index contributed by atoms with van der Waals surface area (Å²) in [4.78, 5) is 27.1. The molecule has 4 aromatic rings. The van der Waals surface area contributed by atoms with Gasteiger partial charge in [0.25, 0.3) is 0 Å². The first kappa shape index (κ1) is 23.2. The van der Waals surface area contributed by atoms with Gasteiger partial charge in [-0.25, -0.2) is 0 Å². The van der Waals surface area contributed by atoms with Gasteiger partial charge in [-0.15, -0.1) is 0 Å². The molecule has 0 atom stereocenters. The van der Waals surface area contributed by atoms with E-state index < -0.39 is 23.1 Å². The Kier molecular flexibility index (Phi) is 4.65. The van der Waals surface area contributed by atoms with Crippen molar-refractivity contribution in [1.29, 1.82) is 0 Å². The lowest BCUT2D eigenvalue weighted by atomic mass is 9.71. The SMILES string of the molecule is Cc1cc(O)c2c(c1)/C(=C1\c3cc(C)cc(O)c3C(=O)c3c(O)cc(O)cc31)c1cc(O)cc(O)c1C2=O. The van der Waals surface area contributed by atoms with Gasteiger partial charge in [0.2, 0.25) is 11.6 Å². The lowest BCUT2D eigenvalue weighted by Gasteiger charge is -2.30. The highest BCUT2D eigenvalue weighted by Crippen LogP contribution is 2.53. The predicted octanol–water partition coefficient (Wildman–Crippen LogP) is 4.63. The summed E-state index contributed by atoms with van der Waals surface area (Å²) in [6.45, 7) is 3.42. The van der Waals surface area contributed by atoms with Crippen molar-refractivity contribution in [3.63, 3.8) is 0 Å². The van der Waals surface area contributed by atoms with Crippen molar-refractivity contribution in [1.82, 2.24) is 0 Å². The number of phenols is 6. The van der Waals surface area contributed by atoms with E-state index in [-0.39, 0.29) is 78.7 Å². The van der Waals surface area contributed by atoms with E-state index in [1.54, 1.807) is 26.0 Å². The largest absolute Gasteiger partial charge is 0.508 e. The third-order valence-electron chi connectivity index (χ3n) is 6.96. The Morgan fingerprint density at radius 1 is 0.421 bits per heavy atom. The molecule has 4 aromatic carbocycles. The maximum atomic E-state index is 13.6. The highest BCUT2D eigenvalue weighted by atomic mass is 16.3. The topological polar surface area (TPSA) is 156 Å². The molecule has 0 saturated heterocycles. The fourth-order valence-corrected chi connectivity index (χ4v) is 5.58. The molecule has 6 rings (SSSR count). The lowest BCUT2D eigenvalue weighted by Crippen LogP contribution is -2.20. The van der Waals surface area contributed by atoms with E-state index in [0.29, 0.717) is 11.1 Å². The van der Waals surface area contributed by atoms with Crippen molar-refractivity contribution in [3.05, 3.63) is 104 Å². The molecule has 0 unspecified atom stereocenters. The van der Waals surface area contributed by atoms with Crippen molar-refractivity contribution in [3.8, 4) is 34.5 Å². The lowest BCUT2D eigenvalue weighted by molar-refractivity contribution is 0.102. The van der Waals surface area contributed by atoms with E-state index in [1.165, 1.54) is 24.3 Å². The molecule has 0 fully saturated rings. The van der Waals surface area contributed by atoms with Gasteiger partial charge in [-0.3, -0.25) is 9.59 Å². The van der Waals surface area contributed by atoms with Crippen molar-refractivity contribution in [2.75, 3.05) is 0 Å². The van der Waals surface area contributed by atoms with Crippen LogP contribution in [-0.2, 0) is 0 Å². The molecule has 0 amide bonds. The monoisotopic (exact) mass is 508 g/mol. The first-order chi connectivity index (χ1) is 18.0. The van der Waals surface area contributed by atoms with Crippen molar-refractivity contribution in [2.24, 2.45) is 0 Å². The fourth-order valence-electron chi connectivity index (χ4n) is 5.58. The van der Waals surface area contributed by atoms with Gasteiger partial charge in [-0.2, -0.15) is 0 Å². The van der Waals surface area contributed by atoms with Gasteiger partial charge in [0.15, 0.2) is 0 Å². The number of hydrogen-bond acceptors (Lipinski definition) is 8. The van der Waals surface area contributed by atoms with Crippen molar-refractivity contribution < 1.29 is 40.2 Å². The van der Waals surface area contributed by atoms with Crippen LogP contribution in [0.5, 0.6) is 34.5 Å². The highest BCUT2D eigenvalue weighted by Gasteiger charge is 2.39. The Labute approximate surface area is 215 Å². The molecule has 0 heterocycles. The maximum Gasteiger partial charge on any atom is 0.201 e. The minimum absolute atomic E-state index is 0.104. The predicted molar refractivity (Wildman–Crippen MR) is 137 cm³/mol. The number of rotatable bonds is 0. The number of fused-ring (bicyclic) bond motifs is 4. The van der Waals surface area contributed by atoms with Gasteiger partial charge in [0.1, 0.15) is 34.5 Å². The summed E-state index contributed by atoms with van der Waals surface area (Å²) in [5.74, 6) is -3.74. The van der Waals surface area contributed by atoms with E-state index >= 15 is 0 Å². The average Bonchev–Trinajstić information content (AvgIpc) is 2.78. The molecular weight excluding hydrogens is 488 g/mol. The number of aryl methyl sites for hydroxylation is 2. The Balaban J connectivity index is 1.93. The molecule has 0 aromatic heterocycles. The molecule has 188 valence electrons. The van der Waals surface area contributed by atoms with Crippen LogP contribution in [0.1, 0.15) is 65.2 Å². The average molecular weight is 508 g/mol. The van der Waals surface area contributed by atoms with Crippen LogP contribution in [0.4, 0.5) is 0 Å². The van der Waals surface area contributed by atoms with Gasteiger partial charge in [-0.05, 0) is 71.5 Å². The van der Waals surface area contributed by atoms with E-state index in [9.17, 15) is 40.2 Å². The van der Waals surface area contributed by atoms with Crippen LogP contribution < -0.4 is 0 Å². The van der Waals surface area contributed by atoms with Crippen molar-refractivity contribution >= 4 is 22.7 Å². The van der Waals surface area contributed by atoms with Gasteiger partial charge >= 0.3 is 0 Å². The summed E-state index contributed by atoms with van der Waals surface area (Å²) in [6.07, 6.45) is 0. The van der Waals surface area contributed by atoms with E-state index in [1.807, 2.05) is 0 Å². The molecule has 2 aliphatic rings. The molecule has 8 heteroatoms. The van der Waals surface area contributed by atoms with Crippen LogP contribution in [0.15, 0.2) is 48.5 Å². The smallest absolute Gasteiger partial charge is 0.201 e. The molecule has 0 bridgehead atoms. The molecule has 0 spiro atoms. The second-order valence-electron chi connectivity index (χ2n) is 9.60. The molecule has 6 N–H and O–H groups in total. The summed E-state index contributed by atoms with van der Waals surface area (Å²) in [5, 5.41) is 64.0. The second-order valence-corrected chi connectivity index (χ2v) is 9.60. The van der Waals surface area contributed by atoms with Gasteiger partial charge in [0, 0.05) is 23.3 Å². The zero-order chi connectivity index (χ0) is 27.2. The third-order valence-corrected chi connectivity index (χ3v) is 6.96. The standard InChI is InChI=1S/C30H20O8/c1-11-3-15-23(17-7-13(31)9-21(35)27(17)29(37)25(15)19(33)5-11)24-16-4-12(2)6-20(34)26(16)30(38)28-18(24)8-14(32)10-22(28)36/h3-10,31-36H,1-2H3/b24-23-. The van der Waals surface area contributed by atoms with E-state index in [2.05, 4.69) is 0 Å². The second kappa shape index (κ2) is 7.63. The molecular formula is C30H20O8. The molecule has 0 radical (unpaired) electrons. The first-order valence-electron chi connectivity index (χ1n) is 11.6. The van der Waals surface area contributed by atoms with Crippen LogP contribution in [0.25, 0.3) is 11.1 Å². The van der Waals surface area contributed by atoms with Crippen LogP contribution in [0.2, 0.25) is 0 Å². The minimum atomic E-state index is -0.674. The van der Waals surface area contributed by atoms with Crippen LogP contribution in [0.3, 0.4) is 0 Å². The van der Waals surface area contributed by atoms with E-state index in [0.717, 1.165) is 12.1 Å². The highest BCUT2D eigenvalue weighted by molar-refractivity contribution is 6.29. The Bertz CT molecular complexity index is 1570. The summed E-state index contributed by atoms with van der Waals surface area (Å²) in [5.41, 5.74) is 1.80. The number of aromatic hydroxyl groups is 6. The normalized spacial score (nSPS) is 15.5. The number of ketones is 2. The first-order valence-corrected chi connectivity index (χ1v) is 11.6. The van der Waals surface area contributed by atoms with Crippen LogP contribution in [-0.4, -0.2) is 42.2 Å². The van der Waals surface area contributed by atoms with Crippen LogP contribution >= 0.6 is 0 Å². The number of phenolic OH excluding ortho intramolecular Hbond substituents is 6. The molecule has 8 nitrogen and oxygen atoms in total. The zero-order valence-corrected chi connectivity index (χ0v) is 20.1. The minimum Gasteiger partial charge on any atom is -0.508 e. The third kappa shape index (κ3) is 3.03. The summed E-state index contributed by atoms with van der Waals surface area (Å²) >= 11 is 0. The summed E-state index contributed by atoms with van der Waals surface area (Å²) < 4.78 is 0. The number of carbonyl (C=O) groups is 2. The molecule has 0 aliphatic heterocycles.